The van der Waals surface area contributed by atoms with Gasteiger partial charge < -0.3 is 15.0 Å². The minimum absolute atomic E-state index is 0.164. The van der Waals surface area contributed by atoms with E-state index in [-0.39, 0.29) is 16.9 Å². The first kappa shape index (κ1) is 22.8. The van der Waals surface area contributed by atoms with Crippen molar-refractivity contribution in [2.45, 2.75) is 42.2 Å². The lowest BCUT2D eigenvalue weighted by atomic mass is 10.2. The molecule has 0 saturated carbocycles. The molecular weight excluding hydrogens is 416 g/mol. The number of benzene rings is 1. The number of nitro benzene ring substituents is 1. The summed E-state index contributed by atoms with van der Waals surface area (Å²) in [7, 11) is 1.41. The normalized spacial score (nSPS) is 11.9. The average molecular weight is 439 g/mol. The van der Waals surface area contributed by atoms with Gasteiger partial charge in [0.2, 0.25) is 5.91 Å². The summed E-state index contributed by atoms with van der Waals surface area (Å²) in [5.41, 5.74) is 0.392. The molecule has 0 bridgehead atoms. The fourth-order valence-corrected chi connectivity index (χ4v) is 3.71. The first-order valence-electron chi connectivity index (χ1n) is 8.71. The number of aromatic nitrogens is 2. The summed E-state index contributed by atoms with van der Waals surface area (Å²) in [4.78, 5) is 41.9. The molecule has 0 saturated heterocycles. The Morgan fingerprint density at radius 1 is 1.34 bits per heavy atom. The van der Waals surface area contributed by atoms with Crippen LogP contribution >= 0.6 is 23.5 Å². The molecule has 0 radical (unpaired) electrons. The molecule has 29 heavy (non-hydrogen) atoms. The van der Waals surface area contributed by atoms with Crippen molar-refractivity contribution in [3.63, 3.8) is 0 Å². The number of anilines is 1. The van der Waals surface area contributed by atoms with Gasteiger partial charge in [-0.05, 0) is 18.2 Å². The Morgan fingerprint density at radius 2 is 2.07 bits per heavy atom. The maximum absolute atomic E-state index is 12.6. The largest absolute Gasteiger partial charge is 0.495 e. The van der Waals surface area contributed by atoms with E-state index in [1.807, 2.05) is 0 Å². The second-order valence-corrected chi connectivity index (χ2v) is 9.19. The number of non-ortho nitro benzene ring substituents is 1. The number of ether oxygens (including phenoxy) is 1. The first-order valence-corrected chi connectivity index (χ1v) is 10.6. The number of amides is 1. The number of hydrogen-bond donors (Lipinski definition) is 2. The third-order valence-corrected chi connectivity index (χ3v) is 5.76. The molecule has 1 heterocycles. The molecule has 1 atom stereocenters. The Hall–Kier alpha value is -2.53. The highest BCUT2D eigenvalue weighted by Crippen LogP contribution is 2.30. The Balaban J connectivity index is 2.12. The van der Waals surface area contributed by atoms with Crippen molar-refractivity contribution in [1.29, 1.82) is 0 Å². The van der Waals surface area contributed by atoms with Crippen LogP contribution in [0.25, 0.3) is 0 Å². The van der Waals surface area contributed by atoms with E-state index in [1.54, 1.807) is 18.7 Å². The van der Waals surface area contributed by atoms with Crippen LogP contribution in [-0.4, -0.2) is 38.4 Å². The number of nitrogens with zero attached hydrogens (tertiary/aromatic N) is 2. The van der Waals surface area contributed by atoms with Gasteiger partial charge in [-0.15, -0.1) is 0 Å². The molecule has 0 spiro atoms. The van der Waals surface area contributed by atoms with Gasteiger partial charge in [0.25, 0.3) is 11.2 Å². The topological polar surface area (TPSA) is 127 Å². The summed E-state index contributed by atoms with van der Waals surface area (Å²) >= 11 is 2.76. The highest BCUT2D eigenvalue weighted by atomic mass is 32.2. The van der Waals surface area contributed by atoms with Crippen LogP contribution in [0.15, 0.2) is 34.2 Å². The van der Waals surface area contributed by atoms with Crippen molar-refractivity contribution < 1.29 is 14.5 Å². The number of thioether (sulfide) groups is 2. The van der Waals surface area contributed by atoms with Gasteiger partial charge in [-0.25, -0.2) is 4.98 Å². The van der Waals surface area contributed by atoms with Crippen molar-refractivity contribution in [2.24, 2.45) is 0 Å². The summed E-state index contributed by atoms with van der Waals surface area (Å²) in [6.45, 7) is 5.77. The lowest BCUT2D eigenvalue weighted by molar-refractivity contribution is -0.384. The lowest BCUT2D eigenvalue weighted by Gasteiger charge is -2.14. The van der Waals surface area contributed by atoms with Gasteiger partial charge in [-0.3, -0.25) is 19.7 Å². The number of nitrogens with one attached hydrogen (secondary N) is 2. The Bertz CT molecular complexity index is 948. The number of aromatic amines is 1. The number of H-pyrrole nitrogens is 1. The van der Waals surface area contributed by atoms with Crippen molar-refractivity contribution >= 4 is 40.8 Å². The molecule has 2 rings (SSSR count). The highest BCUT2D eigenvalue weighted by molar-refractivity contribution is 8.00. The molecular formula is C18H22N4O5S2. The fourth-order valence-electron chi connectivity index (χ4n) is 2.23. The number of methoxy groups -OCH3 is 1. The average Bonchev–Trinajstić information content (AvgIpc) is 2.65. The molecule has 0 aliphatic heterocycles. The lowest BCUT2D eigenvalue weighted by Crippen LogP contribution is -2.23. The second kappa shape index (κ2) is 10.3. The molecule has 11 heteroatoms. The Labute approximate surface area is 176 Å². The second-order valence-electron chi connectivity index (χ2n) is 6.29. The number of hydrogen-bond acceptors (Lipinski definition) is 8. The predicted octanol–water partition coefficient (Wildman–Crippen LogP) is 3.45. The third kappa shape index (κ3) is 6.79. The predicted molar refractivity (Wildman–Crippen MR) is 115 cm³/mol. The minimum Gasteiger partial charge on any atom is -0.495 e. The summed E-state index contributed by atoms with van der Waals surface area (Å²) < 4.78 is 5.15. The zero-order valence-electron chi connectivity index (χ0n) is 16.4. The smallest absolute Gasteiger partial charge is 0.271 e. The minimum atomic E-state index is -0.616. The van der Waals surface area contributed by atoms with Crippen molar-refractivity contribution in [2.75, 3.05) is 12.4 Å². The summed E-state index contributed by atoms with van der Waals surface area (Å²) in [6.07, 6.45) is 0. The van der Waals surface area contributed by atoms with E-state index < -0.39 is 16.1 Å². The van der Waals surface area contributed by atoms with Crippen molar-refractivity contribution in [1.82, 2.24) is 9.97 Å². The standard InChI is InChI=1S/C18H22N4O5S2/c1-10(2)28-9-12-7-16(23)21-18(19-12)29-11(3)17(24)20-14-8-13(22(25)26)5-6-15(14)27-4/h5-8,10-11H,9H2,1-4H3,(H,20,24)(H,19,21,23). The maximum atomic E-state index is 12.6. The molecule has 2 N–H and O–H groups in total. The van der Waals surface area contributed by atoms with Crippen LogP contribution in [0, 0.1) is 10.1 Å². The summed E-state index contributed by atoms with van der Waals surface area (Å²) in [5.74, 6) is 0.499. The number of rotatable bonds is 9. The summed E-state index contributed by atoms with van der Waals surface area (Å²) in [6, 6.07) is 5.39. The number of carbonyl (C=O) groups is 1. The quantitative estimate of drug-likeness (QED) is 0.264. The van der Waals surface area contributed by atoms with Crippen molar-refractivity contribution in [3.8, 4) is 5.75 Å². The van der Waals surface area contributed by atoms with E-state index >= 15 is 0 Å². The maximum Gasteiger partial charge on any atom is 0.271 e. The van der Waals surface area contributed by atoms with E-state index in [9.17, 15) is 19.7 Å². The Morgan fingerprint density at radius 3 is 2.69 bits per heavy atom. The van der Waals surface area contributed by atoms with Crippen LogP contribution in [0.1, 0.15) is 26.5 Å². The summed E-state index contributed by atoms with van der Waals surface area (Å²) in [5, 5.41) is 13.7. The molecule has 156 valence electrons. The van der Waals surface area contributed by atoms with Crippen molar-refractivity contribution in [3.05, 3.63) is 50.4 Å². The van der Waals surface area contributed by atoms with Crippen LogP contribution in [0.3, 0.4) is 0 Å². The molecule has 2 aromatic rings. The highest BCUT2D eigenvalue weighted by Gasteiger charge is 2.20. The molecule has 0 aliphatic rings. The molecule has 1 amide bonds. The van der Waals surface area contributed by atoms with Crippen LogP contribution in [-0.2, 0) is 10.5 Å². The fraction of sp³-hybridized carbons (Fsp3) is 0.389. The molecule has 0 fully saturated rings. The SMILES string of the molecule is COc1ccc([N+](=O)[O-])cc1NC(=O)C(C)Sc1nc(CSC(C)C)cc(=O)[nH]1. The van der Waals surface area contributed by atoms with Gasteiger partial charge in [-0.2, -0.15) is 11.8 Å². The first-order chi connectivity index (χ1) is 13.7. The van der Waals surface area contributed by atoms with Gasteiger partial charge in [0.15, 0.2) is 5.16 Å². The van der Waals surface area contributed by atoms with Gasteiger partial charge >= 0.3 is 0 Å². The van der Waals surface area contributed by atoms with E-state index in [0.29, 0.717) is 27.6 Å². The molecule has 1 aromatic heterocycles. The van der Waals surface area contributed by atoms with E-state index in [2.05, 4.69) is 29.1 Å². The van der Waals surface area contributed by atoms with Gasteiger partial charge in [-0.1, -0.05) is 25.6 Å². The van der Waals surface area contributed by atoms with Crippen LogP contribution in [0.4, 0.5) is 11.4 Å². The van der Waals surface area contributed by atoms with E-state index in [1.165, 1.54) is 31.4 Å². The number of carbonyl (C=O) groups excluding carboxylic acids is 1. The van der Waals surface area contributed by atoms with Crippen LogP contribution in [0.2, 0.25) is 0 Å². The zero-order chi connectivity index (χ0) is 21.6. The van der Waals surface area contributed by atoms with Gasteiger partial charge in [0.1, 0.15) is 5.75 Å². The molecule has 0 aliphatic carbocycles. The van der Waals surface area contributed by atoms with Gasteiger partial charge in [0, 0.05) is 24.0 Å². The van der Waals surface area contributed by atoms with Crippen LogP contribution < -0.4 is 15.6 Å². The van der Waals surface area contributed by atoms with E-state index in [4.69, 9.17) is 4.74 Å². The van der Waals surface area contributed by atoms with E-state index in [0.717, 1.165) is 11.8 Å². The molecule has 1 unspecified atom stereocenters. The number of nitro groups is 1. The zero-order valence-corrected chi connectivity index (χ0v) is 18.1. The molecule has 1 aromatic carbocycles. The monoisotopic (exact) mass is 438 g/mol. The third-order valence-electron chi connectivity index (χ3n) is 3.65. The molecule has 9 nitrogen and oxygen atoms in total. The van der Waals surface area contributed by atoms with Crippen LogP contribution in [0.5, 0.6) is 5.75 Å². The van der Waals surface area contributed by atoms with Gasteiger partial charge in [0.05, 0.1) is 28.7 Å². The Kier molecular flexibility index (Phi) is 8.09.